The molecule has 0 saturated heterocycles. The molecule has 0 aliphatic heterocycles. The van der Waals surface area contributed by atoms with E-state index in [1.165, 1.54) is 31.3 Å². The van der Waals surface area contributed by atoms with E-state index in [9.17, 15) is 13.2 Å². The van der Waals surface area contributed by atoms with Gasteiger partial charge in [-0.15, -0.1) is 0 Å². The maximum Gasteiger partial charge on any atom is 0.251 e. The molecule has 134 valence electrons. The van der Waals surface area contributed by atoms with Crippen molar-refractivity contribution in [2.75, 3.05) is 14.2 Å². The maximum atomic E-state index is 12.4. The van der Waals surface area contributed by atoms with E-state index in [0.29, 0.717) is 11.3 Å². The zero-order valence-corrected chi connectivity index (χ0v) is 15.5. The molecule has 0 heterocycles. The van der Waals surface area contributed by atoms with E-state index in [-0.39, 0.29) is 16.8 Å². The van der Waals surface area contributed by atoms with Gasteiger partial charge < -0.3 is 10.1 Å². The molecule has 0 bridgehead atoms. The van der Waals surface area contributed by atoms with Gasteiger partial charge in [0.1, 0.15) is 5.75 Å². The first-order valence-electron chi connectivity index (χ1n) is 7.77. The molecule has 2 aromatic carbocycles. The molecule has 6 nitrogen and oxygen atoms in total. The fourth-order valence-corrected chi connectivity index (χ4v) is 3.18. The van der Waals surface area contributed by atoms with Gasteiger partial charge in [-0.05, 0) is 51.2 Å². The van der Waals surface area contributed by atoms with E-state index >= 15 is 0 Å². The third-order valence-electron chi connectivity index (χ3n) is 3.89. The van der Waals surface area contributed by atoms with E-state index in [1.54, 1.807) is 7.11 Å². The minimum absolute atomic E-state index is 0.111. The van der Waals surface area contributed by atoms with E-state index in [1.807, 2.05) is 32.0 Å². The molecule has 2 aromatic rings. The lowest BCUT2D eigenvalue weighted by molar-refractivity contribution is 0.0939. The highest BCUT2D eigenvalue weighted by Crippen LogP contribution is 2.26. The van der Waals surface area contributed by atoms with Gasteiger partial charge in [-0.1, -0.05) is 17.7 Å². The molecule has 25 heavy (non-hydrogen) atoms. The summed E-state index contributed by atoms with van der Waals surface area (Å²) in [5.74, 6) is 0.415. The Bertz CT molecular complexity index is 861. The summed E-state index contributed by atoms with van der Waals surface area (Å²) < 4.78 is 31.0. The molecule has 0 aromatic heterocycles. The second-order valence-electron chi connectivity index (χ2n) is 5.67. The number of carbonyl (C=O) groups excluding carboxylic acids is 1. The average molecular weight is 362 g/mol. The summed E-state index contributed by atoms with van der Waals surface area (Å²) in [5, 5.41) is 2.90. The predicted molar refractivity (Wildman–Crippen MR) is 96.3 cm³/mol. The Labute approximate surface area is 148 Å². The van der Waals surface area contributed by atoms with Crippen LogP contribution in [-0.4, -0.2) is 28.5 Å². The molecule has 1 atom stereocenters. The monoisotopic (exact) mass is 362 g/mol. The third kappa shape index (κ3) is 4.37. The zero-order chi connectivity index (χ0) is 18.6. The summed E-state index contributed by atoms with van der Waals surface area (Å²) >= 11 is 0. The van der Waals surface area contributed by atoms with Crippen LogP contribution in [0.1, 0.15) is 34.5 Å². The minimum Gasteiger partial charge on any atom is -0.496 e. The van der Waals surface area contributed by atoms with Gasteiger partial charge in [0.25, 0.3) is 5.91 Å². The molecule has 1 amide bonds. The molecular formula is C18H22N2O4S. The number of ether oxygens (including phenoxy) is 1. The van der Waals surface area contributed by atoms with E-state index in [4.69, 9.17) is 4.74 Å². The highest BCUT2D eigenvalue weighted by molar-refractivity contribution is 7.89. The third-order valence-corrected chi connectivity index (χ3v) is 5.33. The lowest BCUT2D eigenvalue weighted by Crippen LogP contribution is -2.27. The first kappa shape index (κ1) is 19.0. The molecule has 0 aliphatic rings. The predicted octanol–water partition coefficient (Wildman–Crippen LogP) is 2.40. The van der Waals surface area contributed by atoms with Crippen LogP contribution in [0.4, 0.5) is 0 Å². The van der Waals surface area contributed by atoms with Crippen molar-refractivity contribution >= 4 is 15.9 Å². The first-order chi connectivity index (χ1) is 11.8. The van der Waals surface area contributed by atoms with Gasteiger partial charge in [0.05, 0.1) is 18.0 Å². The fourth-order valence-electron chi connectivity index (χ4n) is 2.45. The highest BCUT2D eigenvalue weighted by atomic mass is 32.2. The number of aryl methyl sites for hydroxylation is 1. The molecule has 7 heteroatoms. The van der Waals surface area contributed by atoms with Gasteiger partial charge >= 0.3 is 0 Å². The van der Waals surface area contributed by atoms with E-state index < -0.39 is 10.0 Å². The SMILES string of the molecule is CNS(=O)(=O)c1ccc(C(=O)NC(C)c2cc(C)ccc2OC)cc1. The molecule has 0 spiro atoms. The van der Waals surface area contributed by atoms with Crippen LogP contribution >= 0.6 is 0 Å². The quantitative estimate of drug-likeness (QED) is 0.826. The number of rotatable bonds is 6. The van der Waals surface area contributed by atoms with Gasteiger partial charge in [0.15, 0.2) is 0 Å². The summed E-state index contributed by atoms with van der Waals surface area (Å²) in [7, 11) is -0.592. The number of methoxy groups -OCH3 is 1. The Morgan fingerprint density at radius 3 is 2.32 bits per heavy atom. The van der Waals surface area contributed by atoms with Crippen LogP contribution in [0.5, 0.6) is 5.75 Å². The van der Waals surface area contributed by atoms with Crippen LogP contribution < -0.4 is 14.8 Å². The second-order valence-corrected chi connectivity index (χ2v) is 7.56. The largest absolute Gasteiger partial charge is 0.496 e. The summed E-state index contributed by atoms with van der Waals surface area (Å²) in [5.41, 5.74) is 2.33. The zero-order valence-electron chi connectivity index (χ0n) is 14.7. The average Bonchev–Trinajstić information content (AvgIpc) is 2.61. The maximum absolute atomic E-state index is 12.4. The number of amides is 1. The molecular weight excluding hydrogens is 340 g/mol. The molecule has 0 saturated carbocycles. The van der Waals surface area contributed by atoms with Gasteiger partial charge in [-0.3, -0.25) is 4.79 Å². The van der Waals surface area contributed by atoms with Gasteiger partial charge in [0, 0.05) is 11.1 Å². The van der Waals surface area contributed by atoms with Gasteiger partial charge in [-0.25, -0.2) is 13.1 Å². The molecule has 0 radical (unpaired) electrons. The van der Waals surface area contributed by atoms with Crippen molar-refractivity contribution in [2.24, 2.45) is 0 Å². The fraction of sp³-hybridized carbons (Fsp3) is 0.278. The number of hydrogen-bond acceptors (Lipinski definition) is 4. The van der Waals surface area contributed by atoms with Crippen LogP contribution in [0.3, 0.4) is 0 Å². The molecule has 2 rings (SSSR count). The Balaban J connectivity index is 2.18. The summed E-state index contributed by atoms with van der Waals surface area (Å²) in [6, 6.07) is 11.3. The lowest BCUT2D eigenvalue weighted by Gasteiger charge is -2.18. The van der Waals surface area contributed by atoms with Crippen molar-refractivity contribution in [1.82, 2.24) is 10.0 Å². The highest BCUT2D eigenvalue weighted by Gasteiger charge is 2.17. The first-order valence-corrected chi connectivity index (χ1v) is 9.26. The normalized spacial score (nSPS) is 12.5. The van der Waals surface area contributed by atoms with Gasteiger partial charge in [0.2, 0.25) is 10.0 Å². The van der Waals surface area contributed by atoms with Crippen molar-refractivity contribution in [3.05, 3.63) is 59.2 Å². The van der Waals surface area contributed by atoms with Crippen molar-refractivity contribution in [1.29, 1.82) is 0 Å². The standard InChI is InChI=1S/C18H22N2O4S/c1-12-5-10-17(24-4)16(11-12)13(2)20-18(21)14-6-8-15(9-7-14)25(22,23)19-3/h5-11,13,19H,1-4H3,(H,20,21). The second kappa shape index (κ2) is 7.67. The van der Waals surface area contributed by atoms with Crippen LogP contribution in [0.15, 0.2) is 47.4 Å². The smallest absolute Gasteiger partial charge is 0.251 e. The Morgan fingerprint density at radius 1 is 1.12 bits per heavy atom. The number of hydrogen-bond donors (Lipinski definition) is 2. The Hall–Kier alpha value is -2.38. The molecule has 0 aliphatic carbocycles. The van der Waals surface area contributed by atoms with Crippen LogP contribution in [0, 0.1) is 6.92 Å². The van der Waals surface area contributed by atoms with Crippen LogP contribution in [0.2, 0.25) is 0 Å². The van der Waals surface area contributed by atoms with E-state index in [0.717, 1.165) is 11.1 Å². The van der Waals surface area contributed by atoms with Gasteiger partial charge in [-0.2, -0.15) is 0 Å². The Morgan fingerprint density at radius 2 is 1.76 bits per heavy atom. The molecule has 1 unspecified atom stereocenters. The van der Waals surface area contributed by atoms with Crippen LogP contribution in [0.25, 0.3) is 0 Å². The Kier molecular flexibility index (Phi) is 5.81. The number of sulfonamides is 1. The van der Waals surface area contributed by atoms with Crippen LogP contribution in [-0.2, 0) is 10.0 Å². The summed E-state index contributed by atoms with van der Waals surface area (Å²) in [6.07, 6.45) is 0. The topological polar surface area (TPSA) is 84.5 Å². The minimum atomic E-state index is -3.52. The molecule has 0 fully saturated rings. The summed E-state index contributed by atoms with van der Waals surface area (Å²) in [4.78, 5) is 12.5. The van der Waals surface area contributed by atoms with Crippen molar-refractivity contribution in [2.45, 2.75) is 24.8 Å². The van der Waals surface area contributed by atoms with Crippen molar-refractivity contribution in [3.63, 3.8) is 0 Å². The number of nitrogens with one attached hydrogen (secondary N) is 2. The van der Waals surface area contributed by atoms with Crippen molar-refractivity contribution in [3.8, 4) is 5.75 Å². The number of benzene rings is 2. The molecule has 2 N–H and O–H groups in total. The van der Waals surface area contributed by atoms with E-state index in [2.05, 4.69) is 10.0 Å². The summed E-state index contributed by atoms with van der Waals surface area (Å²) in [6.45, 7) is 3.84. The lowest BCUT2D eigenvalue weighted by atomic mass is 10.0. The number of carbonyl (C=O) groups is 1. The van der Waals surface area contributed by atoms with Crippen molar-refractivity contribution < 1.29 is 17.9 Å².